The monoisotopic (exact) mass is 493 g/mol. The smallest absolute Gasteiger partial charge is 0.193 e. The van der Waals surface area contributed by atoms with Gasteiger partial charge in [0.15, 0.2) is 5.96 Å². The lowest BCUT2D eigenvalue weighted by Crippen LogP contribution is -2.41. The number of methoxy groups -OCH3 is 1. The minimum absolute atomic E-state index is 0. The topological polar surface area (TPSA) is 66.3 Å². The van der Waals surface area contributed by atoms with Gasteiger partial charge in [-0.25, -0.2) is 0 Å². The molecule has 1 unspecified atom stereocenters. The molecule has 0 saturated carbocycles. The van der Waals surface area contributed by atoms with Crippen LogP contribution in [0.2, 0.25) is 0 Å². The van der Waals surface area contributed by atoms with Gasteiger partial charge in [-0.3, -0.25) is 4.99 Å². The van der Waals surface area contributed by atoms with Crippen LogP contribution in [-0.2, 0) is 0 Å². The van der Waals surface area contributed by atoms with Crippen molar-refractivity contribution < 1.29 is 14.6 Å². The molecule has 0 heterocycles. The summed E-state index contributed by atoms with van der Waals surface area (Å²) in [5.41, 5.74) is 0. The van der Waals surface area contributed by atoms with E-state index in [9.17, 15) is 5.11 Å². The fourth-order valence-electron chi connectivity index (χ4n) is 2.68. The number of halogens is 1. The van der Waals surface area contributed by atoms with E-state index in [-0.39, 0.29) is 30.6 Å². The van der Waals surface area contributed by atoms with E-state index in [4.69, 9.17) is 14.5 Å². The highest BCUT2D eigenvalue weighted by atomic mass is 127. The van der Waals surface area contributed by atoms with Crippen molar-refractivity contribution in [2.45, 2.75) is 33.1 Å². The zero-order valence-electron chi connectivity index (χ0n) is 17.1. The largest absolute Gasteiger partial charge is 0.497 e. The number of rotatable bonds is 12. The van der Waals surface area contributed by atoms with E-state index < -0.39 is 0 Å². The Morgan fingerprint density at radius 1 is 1.19 bits per heavy atom. The summed E-state index contributed by atoms with van der Waals surface area (Å²) in [5.74, 6) is 2.96. The highest BCUT2D eigenvalue weighted by Gasteiger charge is 2.10. The maximum Gasteiger partial charge on any atom is 0.193 e. The summed E-state index contributed by atoms with van der Waals surface area (Å²) in [7, 11) is 3.66. The molecule has 1 aromatic rings. The zero-order chi connectivity index (χ0) is 19.2. The van der Waals surface area contributed by atoms with Gasteiger partial charge >= 0.3 is 0 Å². The van der Waals surface area contributed by atoms with Crippen molar-refractivity contribution in [2.75, 3.05) is 47.0 Å². The van der Waals surface area contributed by atoms with Crippen molar-refractivity contribution in [3.05, 3.63) is 24.3 Å². The minimum atomic E-state index is 0. The maximum atomic E-state index is 9.20. The van der Waals surface area contributed by atoms with E-state index in [0.29, 0.717) is 12.5 Å². The molecule has 27 heavy (non-hydrogen) atoms. The fraction of sp³-hybridized carbons (Fsp3) is 0.650. The van der Waals surface area contributed by atoms with Crippen LogP contribution in [-0.4, -0.2) is 63.0 Å². The summed E-state index contributed by atoms with van der Waals surface area (Å²) in [5, 5.41) is 12.5. The molecule has 0 bridgehead atoms. The Hall–Kier alpha value is -1.22. The number of aliphatic hydroxyl groups is 1. The molecule has 0 aliphatic rings. The van der Waals surface area contributed by atoms with Crippen LogP contribution in [0.3, 0.4) is 0 Å². The number of hydrogen-bond donors (Lipinski definition) is 2. The van der Waals surface area contributed by atoms with Crippen LogP contribution in [0.25, 0.3) is 0 Å². The van der Waals surface area contributed by atoms with Gasteiger partial charge in [0.2, 0.25) is 0 Å². The van der Waals surface area contributed by atoms with Crippen LogP contribution in [0.4, 0.5) is 0 Å². The highest BCUT2D eigenvalue weighted by molar-refractivity contribution is 14.0. The number of nitrogens with zero attached hydrogens (tertiary/aromatic N) is 2. The lowest BCUT2D eigenvalue weighted by atomic mass is 10.0. The van der Waals surface area contributed by atoms with E-state index in [1.807, 2.05) is 31.3 Å². The first-order valence-electron chi connectivity index (χ1n) is 9.51. The molecular weight excluding hydrogens is 457 g/mol. The summed E-state index contributed by atoms with van der Waals surface area (Å²) in [6.45, 7) is 7.32. The summed E-state index contributed by atoms with van der Waals surface area (Å²) in [6, 6.07) is 7.59. The van der Waals surface area contributed by atoms with Gasteiger partial charge < -0.3 is 24.8 Å². The van der Waals surface area contributed by atoms with Crippen molar-refractivity contribution in [3.63, 3.8) is 0 Å². The predicted molar refractivity (Wildman–Crippen MR) is 123 cm³/mol. The van der Waals surface area contributed by atoms with Gasteiger partial charge in [-0.05, 0) is 49.9 Å². The molecule has 0 aliphatic carbocycles. The van der Waals surface area contributed by atoms with Gasteiger partial charge in [0.25, 0.3) is 0 Å². The molecule has 7 heteroatoms. The quantitative estimate of drug-likeness (QED) is 0.266. The van der Waals surface area contributed by atoms with Gasteiger partial charge in [0.05, 0.1) is 13.7 Å². The Balaban J connectivity index is 0.00000676. The van der Waals surface area contributed by atoms with Gasteiger partial charge in [-0.2, -0.15) is 0 Å². The first-order chi connectivity index (χ1) is 12.6. The van der Waals surface area contributed by atoms with Crippen molar-refractivity contribution in [1.82, 2.24) is 10.2 Å². The Labute approximate surface area is 181 Å². The predicted octanol–water partition coefficient (Wildman–Crippen LogP) is 3.39. The molecule has 0 spiro atoms. The number of likely N-dealkylation sites (N-methyl/N-ethyl adjacent to an activating group) is 1. The normalized spacial score (nSPS) is 12.1. The number of hydrogen-bond acceptors (Lipinski definition) is 4. The minimum Gasteiger partial charge on any atom is -0.497 e. The molecule has 0 radical (unpaired) electrons. The number of aliphatic hydroxyl groups excluding tert-OH is 1. The maximum absolute atomic E-state index is 9.20. The molecule has 2 N–H and O–H groups in total. The Morgan fingerprint density at radius 2 is 1.85 bits per heavy atom. The van der Waals surface area contributed by atoms with Gasteiger partial charge in [-0.15, -0.1) is 24.0 Å². The SMILES string of the molecule is CCCC(CCO)CN=C(NCC)N(C)CCOc1ccc(OC)cc1.I. The zero-order valence-corrected chi connectivity index (χ0v) is 19.4. The van der Waals surface area contributed by atoms with Crippen LogP contribution < -0.4 is 14.8 Å². The van der Waals surface area contributed by atoms with E-state index >= 15 is 0 Å². The third kappa shape index (κ3) is 10.6. The second-order valence-corrected chi connectivity index (χ2v) is 6.31. The van der Waals surface area contributed by atoms with E-state index in [1.54, 1.807) is 7.11 Å². The molecule has 0 saturated heterocycles. The lowest BCUT2D eigenvalue weighted by molar-refractivity contribution is 0.253. The first-order valence-corrected chi connectivity index (χ1v) is 9.51. The molecule has 0 fully saturated rings. The van der Waals surface area contributed by atoms with Crippen LogP contribution in [0.1, 0.15) is 33.1 Å². The Bertz CT molecular complexity index is 506. The van der Waals surface area contributed by atoms with Crippen LogP contribution >= 0.6 is 24.0 Å². The Morgan fingerprint density at radius 3 is 2.41 bits per heavy atom. The van der Waals surface area contributed by atoms with Crippen LogP contribution in [0.5, 0.6) is 11.5 Å². The average molecular weight is 493 g/mol. The Kier molecular flexibility index (Phi) is 15.1. The number of nitrogens with one attached hydrogen (secondary N) is 1. The molecule has 0 amide bonds. The van der Waals surface area contributed by atoms with Crippen molar-refractivity contribution >= 4 is 29.9 Å². The first kappa shape index (κ1) is 25.8. The number of benzene rings is 1. The fourth-order valence-corrected chi connectivity index (χ4v) is 2.68. The molecule has 1 aromatic carbocycles. The second kappa shape index (κ2) is 15.8. The second-order valence-electron chi connectivity index (χ2n) is 6.31. The number of ether oxygens (including phenoxy) is 2. The molecule has 6 nitrogen and oxygen atoms in total. The highest BCUT2D eigenvalue weighted by Crippen LogP contribution is 2.16. The van der Waals surface area contributed by atoms with Crippen molar-refractivity contribution in [3.8, 4) is 11.5 Å². The van der Waals surface area contributed by atoms with Gasteiger partial charge in [0.1, 0.15) is 18.1 Å². The summed E-state index contributed by atoms with van der Waals surface area (Å²) >= 11 is 0. The number of aliphatic imine (C=N–C) groups is 1. The van der Waals surface area contributed by atoms with Gasteiger partial charge in [-0.1, -0.05) is 13.3 Å². The molecule has 1 atom stereocenters. The van der Waals surface area contributed by atoms with Crippen LogP contribution in [0, 0.1) is 5.92 Å². The van der Waals surface area contributed by atoms with Gasteiger partial charge in [0, 0.05) is 26.7 Å². The molecule has 156 valence electrons. The summed E-state index contributed by atoms with van der Waals surface area (Å²) in [6.07, 6.45) is 3.01. The third-order valence-electron chi connectivity index (χ3n) is 4.18. The third-order valence-corrected chi connectivity index (χ3v) is 4.18. The van der Waals surface area contributed by atoms with Crippen molar-refractivity contribution in [1.29, 1.82) is 0 Å². The molecule has 1 rings (SSSR count). The lowest BCUT2D eigenvalue weighted by Gasteiger charge is -2.23. The average Bonchev–Trinajstić information content (AvgIpc) is 2.65. The summed E-state index contributed by atoms with van der Waals surface area (Å²) in [4.78, 5) is 6.83. The molecular formula is C20H36IN3O3. The standard InChI is InChI=1S/C20H35N3O3.HI/c1-5-7-17(12-14-24)16-22-20(21-6-2)23(3)13-15-26-19-10-8-18(25-4)9-11-19;/h8-11,17,24H,5-7,12-16H2,1-4H3,(H,21,22);1H. The van der Waals surface area contributed by atoms with E-state index in [0.717, 1.165) is 56.4 Å². The molecule has 0 aliphatic heterocycles. The van der Waals surface area contributed by atoms with Crippen LogP contribution in [0.15, 0.2) is 29.3 Å². The number of guanidine groups is 1. The van der Waals surface area contributed by atoms with E-state index in [2.05, 4.69) is 24.1 Å². The molecule has 0 aromatic heterocycles. The van der Waals surface area contributed by atoms with E-state index in [1.165, 1.54) is 0 Å². The summed E-state index contributed by atoms with van der Waals surface area (Å²) < 4.78 is 10.9. The van der Waals surface area contributed by atoms with Crippen molar-refractivity contribution in [2.24, 2.45) is 10.9 Å².